The summed E-state index contributed by atoms with van der Waals surface area (Å²) < 4.78 is 28.9. The van der Waals surface area contributed by atoms with E-state index in [9.17, 15) is 18.3 Å². The quantitative estimate of drug-likeness (QED) is 0.577. The van der Waals surface area contributed by atoms with Gasteiger partial charge in [0, 0.05) is 19.6 Å². The van der Waals surface area contributed by atoms with Crippen molar-refractivity contribution in [2.24, 2.45) is 0 Å². The van der Waals surface area contributed by atoms with Gasteiger partial charge in [0.2, 0.25) is 0 Å². The highest BCUT2D eigenvalue weighted by atomic mass is 79.9. The van der Waals surface area contributed by atoms with Gasteiger partial charge in [-0.25, -0.2) is 13.2 Å². The van der Waals surface area contributed by atoms with Gasteiger partial charge in [0.15, 0.2) is 0 Å². The molecule has 2 rings (SSSR count). The van der Waals surface area contributed by atoms with E-state index in [2.05, 4.69) is 20.7 Å². The fourth-order valence-corrected chi connectivity index (χ4v) is 5.51. The number of carboxylic acids is 1. The number of likely N-dealkylation sites (N-methyl/N-ethyl adjacent to an activating group) is 2. The maximum atomic E-state index is 12.7. The number of hydrogen-bond acceptors (Lipinski definition) is 6. The van der Waals surface area contributed by atoms with Gasteiger partial charge in [-0.15, -0.1) is 11.3 Å². The van der Waals surface area contributed by atoms with Gasteiger partial charge in [-0.05, 0) is 67.3 Å². The van der Waals surface area contributed by atoms with Crippen molar-refractivity contribution in [1.82, 2.24) is 4.90 Å². The molecule has 0 unspecified atom stereocenters. The van der Waals surface area contributed by atoms with Crippen LogP contribution < -0.4 is 9.62 Å². The minimum atomic E-state index is -3.82. The summed E-state index contributed by atoms with van der Waals surface area (Å²) in [5, 5.41) is 9.29. The first kappa shape index (κ1) is 21.7. The van der Waals surface area contributed by atoms with Gasteiger partial charge in [-0.3, -0.25) is 4.72 Å². The van der Waals surface area contributed by atoms with Crippen molar-refractivity contribution < 1.29 is 18.3 Å². The zero-order chi connectivity index (χ0) is 20.2. The average molecular weight is 476 g/mol. The maximum Gasteiger partial charge on any atom is 0.335 e. The van der Waals surface area contributed by atoms with E-state index in [4.69, 9.17) is 0 Å². The Hall–Kier alpha value is -1.62. The number of sulfonamides is 1. The maximum absolute atomic E-state index is 12.7. The smallest absolute Gasteiger partial charge is 0.335 e. The number of aromatic carboxylic acids is 1. The standard InChI is InChI=1S/C17H22BrN3O4S2/c1-4-21(10-9-20(2)3)14-6-5-12(17(22)23)11-13(14)19-27(24,25)16-8-7-15(18)26-16/h5-8,11,19H,4,9-10H2,1-3H3,(H,22,23). The molecule has 0 spiro atoms. The van der Waals surface area contributed by atoms with E-state index >= 15 is 0 Å². The molecule has 2 N–H and O–H groups in total. The molecule has 0 amide bonds. The first-order valence-electron chi connectivity index (χ1n) is 8.19. The van der Waals surface area contributed by atoms with Crippen molar-refractivity contribution in [3.05, 3.63) is 39.7 Å². The minimum Gasteiger partial charge on any atom is -0.478 e. The molecule has 0 saturated heterocycles. The number of anilines is 2. The molecule has 27 heavy (non-hydrogen) atoms. The lowest BCUT2D eigenvalue weighted by Crippen LogP contribution is -2.32. The van der Waals surface area contributed by atoms with Crippen LogP contribution in [0.4, 0.5) is 11.4 Å². The van der Waals surface area contributed by atoms with E-state index in [-0.39, 0.29) is 15.5 Å². The Bertz CT molecular complexity index is 913. The molecule has 10 heteroatoms. The van der Waals surface area contributed by atoms with E-state index < -0.39 is 16.0 Å². The SMILES string of the molecule is CCN(CCN(C)C)c1ccc(C(=O)O)cc1NS(=O)(=O)c1ccc(Br)s1. The number of hydrogen-bond donors (Lipinski definition) is 2. The molecule has 1 aromatic heterocycles. The fourth-order valence-electron chi connectivity index (χ4n) is 2.43. The Labute approximate surface area is 171 Å². The molecule has 0 bridgehead atoms. The molecule has 0 aliphatic carbocycles. The predicted octanol–water partition coefficient (Wildman–Crippen LogP) is 3.40. The number of carboxylic acid groups (broad SMARTS) is 1. The lowest BCUT2D eigenvalue weighted by atomic mass is 10.1. The zero-order valence-electron chi connectivity index (χ0n) is 15.3. The lowest BCUT2D eigenvalue weighted by molar-refractivity contribution is 0.0697. The first-order valence-corrected chi connectivity index (χ1v) is 11.3. The van der Waals surface area contributed by atoms with Crippen molar-refractivity contribution in [2.45, 2.75) is 11.1 Å². The number of thiophene rings is 1. The highest BCUT2D eigenvalue weighted by Gasteiger charge is 2.21. The summed E-state index contributed by atoms with van der Waals surface area (Å²) in [6.45, 7) is 4.07. The second-order valence-electron chi connectivity index (χ2n) is 6.08. The molecular weight excluding hydrogens is 454 g/mol. The number of nitrogens with zero attached hydrogens (tertiary/aromatic N) is 2. The molecule has 1 aromatic carbocycles. The van der Waals surface area contributed by atoms with Crippen LogP contribution in [0.3, 0.4) is 0 Å². The fraction of sp³-hybridized carbons (Fsp3) is 0.353. The van der Waals surface area contributed by atoms with Gasteiger partial charge in [0.05, 0.1) is 20.7 Å². The van der Waals surface area contributed by atoms with Crippen molar-refractivity contribution in [2.75, 3.05) is 43.4 Å². The topological polar surface area (TPSA) is 89.9 Å². The monoisotopic (exact) mass is 475 g/mol. The molecule has 0 atom stereocenters. The summed E-state index contributed by atoms with van der Waals surface area (Å²) in [7, 11) is 0.0940. The Kier molecular flexibility index (Phi) is 7.26. The molecule has 2 aromatic rings. The number of carbonyl (C=O) groups is 1. The minimum absolute atomic E-state index is 0.0208. The van der Waals surface area contributed by atoms with E-state index in [0.29, 0.717) is 22.6 Å². The summed E-state index contributed by atoms with van der Waals surface area (Å²) >= 11 is 4.35. The van der Waals surface area contributed by atoms with Crippen LogP contribution >= 0.6 is 27.3 Å². The molecular formula is C17H22BrN3O4S2. The first-order chi connectivity index (χ1) is 12.6. The molecule has 0 fully saturated rings. The van der Waals surface area contributed by atoms with Crippen molar-refractivity contribution >= 4 is 54.6 Å². The summed E-state index contributed by atoms with van der Waals surface area (Å²) in [6, 6.07) is 7.64. The predicted molar refractivity (Wildman–Crippen MR) is 113 cm³/mol. The van der Waals surface area contributed by atoms with Gasteiger partial charge in [-0.1, -0.05) is 0 Å². The largest absolute Gasteiger partial charge is 0.478 e. The van der Waals surface area contributed by atoms with Crippen molar-refractivity contribution in [1.29, 1.82) is 0 Å². The molecule has 0 radical (unpaired) electrons. The van der Waals surface area contributed by atoms with Crippen LogP contribution in [0, 0.1) is 0 Å². The Balaban J connectivity index is 2.44. The van der Waals surface area contributed by atoms with Crippen LogP contribution in [-0.4, -0.2) is 58.1 Å². The molecule has 0 aliphatic rings. The summed E-state index contributed by atoms with van der Waals surface area (Å²) in [6.07, 6.45) is 0. The van der Waals surface area contributed by atoms with E-state index in [1.807, 2.05) is 30.8 Å². The Morgan fingerprint density at radius 1 is 1.22 bits per heavy atom. The van der Waals surface area contributed by atoms with Crippen LogP contribution in [0.5, 0.6) is 0 Å². The van der Waals surface area contributed by atoms with Gasteiger partial charge < -0.3 is 14.9 Å². The third-order valence-electron chi connectivity index (χ3n) is 3.84. The van der Waals surface area contributed by atoms with Gasteiger partial charge >= 0.3 is 5.97 Å². The summed E-state index contributed by atoms with van der Waals surface area (Å²) in [5.41, 5.74) is 0.913. The number of benzene rings is 1. The highest BCUT2D eigenvalue weighted by Crippen LogP contribution is 2.32. The third kappa shape index (κ3) is 5.68. The second-order valence-corrected chi connectivity index (χ2v) is 10.5. The molecule has 1 heterocycles. The van der Waals surface area contributed by atoms with Crippen LogP contribution in [0.15, 0.2) is 38.3 Å². The molecule has 0 aliphatic heterocycles. The van der Waals surface area contributed by atoms with Crippen molar-refractivity contribution in [3.63, 3.8) is 0 Å². The number of nitrogens with one attached hydrogen (secondary N) is 1. The number of halogens is 1. The third-order valence-corrected chi connectivity index (χ3v) is 7.32. The zero-order valence-corrected chi connectivity index (χ0v) is 18.5. The van der Waals surface area contributed by atoms with Gasteiger partial charge in [0.25, 0.3) is 10.0 Å². The van der Waals surface area contributed by atoms with E-state index in [0.717, 1.165) is 17.9 Å². The molecule has 7 nitrogen and oxygen atoms in total. The normalized spacial score (nSPS) is 11.6. The van der Waals surface area contributed by atoms with Crippen LogP contribution in [0.25, 0.3) is 0 Å². The Morgan fingerprint density at radius 2 is 1.93 bits per heavy atom. The average Bonchev–Trinajstić information content (AvgIpc) is 3.03. The van der Waals surface area contributed by atoms with Crippen molar-refractivity contribution in [3.8, 4) is 0 Å². The molecule has 0 saturated carbocycles. The Morgan fingerprint density at radius 3 is 2.44 bits per heavy atom. The number of rotatable bonds is 9. The van der Waals surface area contributed by atoms with Crippen LogP contribution in [0.2, 0.25) is 0 Å². The summed E-state index contributed by atoms with van der Waals surface area (Å²) in [5.74, 6) is -1.11. The van der Waals surface area contributed by atoms with Gasteiger partial charge in [0.1, 0.15) is 4.21 Å². The highest BCUT2D eigenvalue weighted by molar-refractivity contribution is 9.11. The van der Waals surface area contributed by atoms with Crippen LogP contribution in [0.1, 0.15) is 17.3 Å². The second kappa shape index (κ2) is 9.05. The van der Waals surface area contributed by atoms with E-state index in [1.165, 1.54) is 18.2 Å². The van der Waals surface area contributed by atoms with Gasteiger partial charge in [-0.2, -0.15) is 0 Å². The molecule has 148 valence electrons. The lowest BCUT2D eigenvalue weighted by Gasteiger charge is -2.27. The summed E-state index contributed by atoms with van der Waals surface area (Å²) in [4.78, 5) is 15.4. The van der Waals surface area contributed by atoms with Crippen LogP contribution in [-0.2, 0) is 10.0 Å². The van der Waals surface area contributed by atoms with E-state index in [1.54, 1.807) is 12.1 Å².